The maximum absolute atomic E-state index is 13.6. The summed E-state index contributed by atoms with van der Waals surface area (Å²) in [6.07, 6.45) is 4.42. The first-order valence-corrected chi connectivity index (χ1v) is 11.5. The molecule has 0 atom stereocenters. The molecule has 2 N–H and O–H groups in total. The summed E-state index contributed by atoms with van der Waals surface area (Å²) in [5.41, 5.74) is 1.37. The molecule has 3 aromatic rings. The van der Waals surface area contributed by atoms with Gasteiger partial charge in [-0.05, 0) is 50.8 Å². The van der Waals surface area contributed by atoms with Crippen molar-refractivity contribution in [3.8, 4) is 11.5 Å². The Morgan fingerprint density at radius 2 is 1.94 bits per heavy atom. The Morgan fingerprint density at radius 3 is 2.68 bits per heavy atom. The molecule has 3 heterocycles. The van der Waals surface area contributed by atoms with Gasteiger partial charge in [-0.25, -0.2) is 12.8 Å². The van der Waals surface area contributed by atoms with E-state index in [1.165, 1.54) is 31.3 Å². The van der Waals surface area contributed by atoms with Crippen LogP contribution in [0.5, 0.6) is 0 Å². The second-order valence-corrected chi connectivity index (χ2v) is 9.26. The number of H-pyrrole nitrogens is 1. The zero-order valence-corrected chi connectivity index (χ0v) is 18.1. The molecule has 1 aliphatic heterocycles. The van der Waals surface area contributed by atoms with E-state index in [2.05, 4.69) is 14.9 Å². The number of hydrogen-bond acceptors (Lipinski definition) is 5. The number of anilines is 1. The molecule has 8 nitrogen and oxygen atoms in total. The minimum Gasteiger partial charge on any atom is -0.458 e. The molecule has 31 heavy (non-hydrogen) atoms. The van der Waals surface area contributed by atoms with Crippen LogP contribution in [0.15, 0.2) is 39.8 Å². The van der Waals surface area contributed by atoms with E-state index in [1.807, 2.05) is 0 Å². The largest absolute Gasteiger partial charge is 0.458 e. The highest BCUT2D eigenvalue weighted by Crippen LogP contribution is 2.31. The molecular formula is C21H23FN4O4S. The van der Waals surface area contributed by atoms with Crippen molar-refractivity contribution in [2.45, 2.75) is 38.0 Å². The van der Waals surface area contributed by atoms with Crippen molar-refractivity contribution in [3.05, 3.63) is 53.2 Å². The molecule has 0 aliphatic carbocycles. The van der Waals surface area contributed by atoms with Crippen LogP contribution in [0.1, 0.15) is 40.9 Å². The van der Waals surface area contributed by atoms with E-state index in [0.29, 0.717) is 29.9 Å². The number of aromatic amines is 1. The summed E-state index contributed by atoms with van der Waals surface area (Å²) in [6, 6.07) is 5.21. The monoisotopic (exact) mass is 446 g/mol. The molecule has 10 heteroatoms. The highest BCUT2D eigenvalue weighted by molar-refractivity contribution is 7.92. The second kappa shape index (κ2) is 8.18. The first kappa shape index (κ1) is 21.1. The van der Waals surface area contributed by atoms with Gasteiger partial charge in [-0.15, -0.1) is 0 Å². The van der Waals surface area contributed by atoms with Gasteiger partial charge in [-0.2, -0.15) is 5.10 Å². The smallest absolute Gasteiger partial charge is 0.265 e. The summed E-state index contributed by atoms with van der Waals surface area (Å²) in [4.78, 5) is 14.6. The first-order valence-electron chi connectivity index (χ1n) is 9.98. The number of aryl methyl sites for hydroxylation is 2. The quantitative estimate of drug-likeness (QED) is 0.619. The van der Waals surface area contributed by atoms with E-state index in [9.17, 15) is 17.6 Å². The Balaban J connectivity index is 1.65. The lowest BCUT2D eigenvalue weighted by Crippen LogP contribution is -2.35. The molecular weight excluding hydrogens is 423 g/mol. The number of amides is 1. The number of aromatic nitrogens is 2. The van der Waals surface area contributed by atoms with Gasteiger partial charge in [0.05, 0.1) is 17.4 Å². The van der Waals surface area contributed by atoms with Crippen LogP contribution in [0.3, 0.4) is 0 Å². The summed E-state index contributed by atoms with van der Waals surface area (Å²) in [5.74, 6) is -0.393. The van der Waals surface area contributed by atoms with Crippen LogP contribution in [0.2, 0.25) is 0 Å². The number of sulfonamides is 1. The number of furan rings is 1. The van der Waals surface area contributed by atoms with E-state index < -0.39 is 15.8 Å². The molecule has 4 rings (SSSR count). The average Bonchev–Trinajstić information content (AvgIpc) is 3.37. The van der Waals surface area contributed by atoms with Gasteiger partial charge in [0.2, 0.25) is 0 Å². The van der Waals surface area contributed by atoms with Gasteiger partial charge in [0.15, 0.2) is 5.76 Å². The van der Waals surface area contributed by atoms with E-state index in [-0.39, 0.29) is 28.0 Å². The Bertz CT molecular complexity index is 1230. The molecule has 0 unspecified atom stereocenters. The molecule has 0 radical (unpaired) electrons. The van der Waals surface area contributed by atoms with Crippen molar-refractivity contribution in [2.24, 2.45) is 0 Å². The van der Waals surface area contributed by atoms with Crippen molar-refractivity contribution in [1.82, 2.24) is 15.1 Å². The summed E-state index contributed by atoms with van der Waals surface area (Å²) in [5, 5.41) is 6.71. The predicted molar refractivity (Wildman–Crippen MR) is 113 cm³/mol. The fourth-order valence-electron chi connectivity index (χ4n) is 3.66. The topological polar surface area (TPSA) is 108 Å². The molecule has 1 saturated heterocycles. The number of piperidine rings is 1. The second-order valence-electron chi connectivity index (χ2n) is 7.61. The van der Waals surface area contributed by atoms with Crippen molar-refractivity contribution in [2.75, 3.05) is 17.8 Å². The SMILES string of the molecule is Cc1ccc(F)cc1NS(=O)(=O)c1cc(-c2[nH]ncc2C(=O)N2CCCCC2)oc1C. The summed E-state index contributed by atoms with van der Waals surface area (Å²) in [6.45, 7) is 4.54. The van der Waals surface area contributed by atoms with Crippen molar-refractivity contribution in [1.29, 1.82) is 0 Å². The third-order valence-electron chi connectivity index (χ3n) is 5.37. The van der Waals surface area contributed by atoms with E-state index in [0.717, 1.165) is 25.3 Å². The Hall–Kier alpha value is -3.14. The average molecular weight is 447 g/mol. The van der Waals surface area contributed by atoms with Gasteiger partial charge in [0.25, 0.3) is 15.9 Å². The lowest BCUT2D eigenvalue weighted by molar-refractivity contribution is 0.0725. The lowest BCUT2D eigenvalue weighted by Gasteiger charge is -2.26. The number of nitrogens with one attached hydrogen (secondary N) is 2. The maximum Gasteiger partial charge on any atom is 0.265 e. The molecule has 1 fully saturated rings. The number of halogens is 1. The molecule has 0 saturated carbocycles. The predicted octanol–water partition coefficient (Wildman–Crippen LogP) is 3.85. The third kappa shape index (κ3) is 4.20. The van der Waals surface area contributed by atoms with Crippen LogP contribution in [-0.4, -0.2) is 42.5 Å². The molecule has 164 valence electrons. The minimum atomic E-state index is -4.05. The molecule has 0 spiro atoms. The van der Waals surface area contributed by atoms with Crippen molar-refractivity contribution >= 4 is 21.6 Å². The Morgan fingerprint density at radius 1 is 1.19 bits per heavy atom. The number of likely N-dealkylation sites (tertiary alicyclic amines) is 1. The Labute approximate surface area is 179 Å². The van der Waals surface area contributed by atoms with Gasteiger partial charge in [0.1, 0.15) is 22.2 Å². The lowest BCUT2D eigenvalue weighted by atomic mass is 10.1. The highest BCUT2D eigenvalue weighted by Gasteiger charge is 2.28. The zero-order valence-electron chi connectivity index (χ0n) is 17.2. The number of carbonyl (C=O) groups excluding carboxylic acids is 1. The number of rotatable bonds is 5. The molecule has 2 aromatic heterocycles. The summed E-state index contributed by atoms with van der Waals surface area (Å²) >= 11 is 0. The molecule has 1 amide bonds. The molecule has 0 bridgehead atoms. The normalized spacial score (nSPS) is 14.6. The standard InChI is InChI=1S/C21H23FN4O4S/c1-13-6-7-15(22)10-17(13)25-31(28,29)19-11-18(30-14(19)2)20-16(12-23-24-20)21(27)26-8-4-3-5-9-26/h6-7,10-12,25H,3-5,8-9H2,1-2H3,(H,23,24). The van der Waals surface area contributed by atoms with Gasteiger partial charge in [-0.1, -0.05) is 6.07 Å². The van der Waals surface area contributed by atoms with Crippen LogP contribution in [0.4, 0.5) is 10.1 Å². The van der Waals surface area contributed by atoms with Crippen LogP contribution >= 0.6 is 0 Å². The fraction of sp³-hybridized carbons (Fsp3) is 0.333. The van der Waals surface area contributed by atoms with Crippen LogP contribution in [0, 0.1) is 19.7 Å². The van der Waals surface area contributed by atoms with E-state index >= 15 is 0 Å². The van der Waals surface area contributed by atoms with Gasteiger partial charge in [0, 0.05) is 19.2 Å². The minimum absolute atomic E-state index is 0.0999. The highest BCUT2D eigenvalue weighted by atomic mass is 32.2. The summed E-state index contributed by atoms with van der Waals surface area (Å²) < 4.78 is 47.5. The van der Waals surface area contributed by atoms with Gasteiger partial charge >= 0.3 is 0 Å². The number of hydrogen-bond donors (Lipinski definition) is 2. The molecule has 1 aromatic carbocycles. The van der Waals surface area contributed by atoms with Crippen molar-refractivity contribution < 1.29 is 22.0 Å². The zero-order chi connectivity index (χ0) is 22.2. The first-order chi connectivity index (χ1) is 14.8. The Kier molecular flexibility index (Phi) is 5.57. The van der Waals surface area contributed by atoms with Crippen LogP contribution in [0.25, 0.3) is 11.5 Å². The number of benzene rings is 1. The number of carbonyl (C=O) groups is 1. The van der Waals surface area contributed by atoms with E-state index in [4.69, 9.17) is 4.42 Å². The van der Waals surface area contributed by atoms with E-state index in [1.54, 1.807) is 11.8 Å². The third-order valence-corrected chi connectivity index (χ3v) is 6.84. The maximum atomic E-state index is 13.6. The van der Waals surface area contributed by atoms with Crippen LogP contribution in [-0.2, 0) is 10.0 Å². The van der Waals surface area contributed by atoms with Crippen LogP contribution < -0.4 is 4.72 Å². The molecule has 1 aliphatic rings. The fourth-order valence-corrected chi connectivity index (χ4v) is 4.96. The van der Waals surface area contributed by atoms with Gasteiger partial charge in [-0.3, -0.25) is 14.6 Å². The van der Waals surface area contributed by atoms with Crippen molar-refractivity contribution in [3.63, 3.8) is 0 Å². The van der Waals surface area contributed by atoms with Gasteiger partial charge < -0.3 is 9.32 Å². The summed E-state index contributed by atoms with van der Waals surface area (Å²) in [7, 11) is -4.05. The number of nitrogens with zero attached hydrogens (tertiary/aromatic N) is 2.